The number of benzene rings is 1. The Bertz CT molecular complexity index is 626. The van der Waals surface area contributed by atoms with Crippen molar-refractivity contribution in [1.29, 1.82) is 0 Å². The first-order valence-corrected chi connectivity index (χ1v) is 11.2. The van der Waals surface area contributed by atoms with E-state index in [0.717, 1.165) is 30.3 Å². The fraction of sp³-hybridized carbons (Fsp3) is 0.667. The molecule has 0 N–H and O–H groups in total. The van der Waals surface area contributed by atoms with E-state index in [1.165, 1.54) is 77.1 Å². The summed E-state index contributed by atoms with van der Waals surface area (Å²) in [4.78, 5) is 8.21. The summed E-state index contributed by atoms with van der Waals surface area (Å²) in [6.07, 6.45) is 10.6. The maximum atomic E-state index is 2.80. The summed E-state index contributed by atoms with van der Waals surface area (Å²) in [5.41, 5.74) is 1.46. The van der Waals surface area contributed by atoms with Crippen molar-refractivity contribution >= 4 is 0 Å². The topological polar surface area (TPSA) is 9.72 Å². The minimum absolute atomic E-state index is 0.824. The van der Waals surface area contributed by atoms with Gasteiger partial charge in [-0.1, -0.05) is 42.5 Å². The third-order valence-electron chi connectivity index (χ3n) is 7.64. The Labute approximate surface area is 165 Å². The van der Waals surface area contributed by atoms with E-state index < -0.39 is 0 Å². The molecule has 2 heterocycles. The predicted molar refractivity (Wildman–Crippen MR) is 112 cm³/mol. The quantitative estimate of drug-likeness (QED) is 0.740. The van der Waals surface area contributed by atoms with Crippen LogP contribution in [0.2, 0.25) is 0 Å². The molecule has 0 amide bonds. The van der Waals surface area contributed by atoms with Gasteiger partial charge in [0.1, 0.15) is 0 Å². The van der Waals surface area contributed by atoms with Crippen LogP contribution >= 0.6 is 0 Å². The van der Waals surface area contributed by atoms with Gasteiger partial charge in [0.15, 0.2) is 0 Å². The molecule has 4 aliphatic rings. The van der Waals surface area contributed by atoms with Crippen LogP contribution in [0.3, 0.4) is 0 Å². The van der Waals surface area contributed by atoms with Crippen molar-refractivity contribution in [2.75, 3.05) is 45.8 Å². The Balaban J connectivity index is 1.04. The van der Waals surface area contributed by atoms with Crippen molar-refractivity contribution in [3.05, 3.63) is 48.0 Å². The zero-order valence-electron chi connectivity index (χ0n) is 16.7. The molecule has 146 valence electrons. The van der Waals surface area contributed by atoms with Crippen LogP contribution in [0.25, 0.3) is 0 Å². The third-order valence-corrected chi connectivity index (χ3v) is 7.64. The molecule has 2 aliphatic carbocycles. The molecule has 2 aliphatic heterocycles. The second-order valence-corrected chi connectivity index (χ2v) is 9.37. The average Bonchev–Trinajstić information content (AvgIpc) is 3.33. The summed E-state index contributed by atoms with van der Waals surface area (Å²) < 4.78 is 0. The Morgan fingerprint density at radius 3 is 2.22 bits per heavy atom. The van der Waals surface area contributed by atoms with E-state index in [2.05, 4.69) is 57.2 Å². The van der Waals surface area contributed by atoms with Crippen LogP contribution in [-0.2, 0) is 6.54 Å². The second kappa shape index (κ2) is 8.06. The average molecular weight is 366 g/mol. The molecule has 0 radical (unpaired) electrons. The molecule has 1 saturated carbocycles. The highest BCUT2D eigenvalue weighted by Crippen LogP contribution is 2.43. The van der Waals surface area contributed by atoms with E-state index in [9.17, 15) is 0 Å². The van der Waals surface area contributed by atoms with Gasteiger partial charge in [-0.3, -0.25) is 9.80 Å². The van der Waals surface area contributed by atoms with Crippen LogP contribution in [0.15, 0.2) is 42.5 Å². The van der Waals surface area contributed by atoms with Crippen molar-refractivity contribution < 1.29 is 0 Å². The predicted octanol–water partition coefficient (Wildman–Crippen LogP) is 3.48. The van der Waals surface area contributed by atoms with Gasteiger partial charge in [-0.05, 0) is 62.1 Å². The van der Waals surface area contributed by atoms with Gasteiger partial charge in [0.2, 0.25) is 0 Å². The van der Waals surface area contributed by atoms with Crippen LogP contribution in [-0.4, -0.2) is 66.6 Å². The first kappa shape index (κ1) is 17.9. The number of hydrogen-bond acceptors (Lipinski definition) is 3. The van der Waals surface area contributed by atoms with Gasteiger partial charge in [0.25, 0.3) is 0 Å². The van der Waals surface area contributed by atoms with Gasteiger partial charge in [0.05, 0.1) is 0 Å². The van der Waals surface area contributed by atoms with Crippen LogP contribution in [0.5, 0.6) is 0 Å². The lowest BCUT2D eigenvalue weighted by molar-refractivity contribution is 0.0505. The first-order chi connectivity index (χ1) is 13.3. The monoisotopic (exact) mass is 365 g/mol. The molecule has 0 unspecified atom stereocenters. The Kier molecular flexibility index (Phi) is 5.35. The molecule has 3 nitrogen and oxygen atoms in total. The van der Waals surface area contributed by atoms with Gasteiger partial charge >= 0.3 is 0 Å². The molecule has 3 heteroatoms. The van der Waals surface area contributed by atoms with Crippen molar-refractivity contribution in [3.63, 3.8) is 0 Å². The fourth-order valence-corrected chi connectivity index (χ4v) is 6.03. The van der Waals surface area contributed by atoms with E-state index in [-0.39, 0.29) is 0 Å². The van der Waals surface area contributed by atoms with E-state index in [0.29, 0.717) is 0 Å². The fourth-order valence-electron chi connectivity index (χ4n) is 6.03. The molecule has 2 saturated heterocycles. The third kappa shape index (κ3) is 4.16. The van der Waals surface area contributed by atoms with E-state index in [1.807, 2.05) is 0 Å². The van der Waals surface area contributed by atoms with Gasteiger partial charge in [0, 0.05) is 45.3 Å². The minimum Gasteiger partial charge on any atom is -0.300 e. The Hall–Kier alpha value is -1.16. The highest BCUT2D eigenvalue weighted by molar-refractivity contribution is 5.14. The smallest absolute Gasteiger partial charge is 0.0233 e. The first-order valence-electron chi connectivity index (χ1n) is 11.2. The van der Waals surface area contributed by atoms with Gasteiger partial charge in [-0.25, -0.2) is 0 Å². The van der Waals surface area contributed by atoms with E-state index in [4.69, 9.17) is 0 Å². The van der Waals surface area contributed by atoms with Gasteiger partial charge in [-0.2, -0.15) is 0 Å². The molecule has 5 rings (SSSR count). The molecular weight excluding hydrogens is 330 g/mol. The maximum Gasteiger partial charge on any atom is 0.0233 e. The number of allylic oxidation sites excluding steroid dienone is 2. The van der Waals surface area contributed by atoms with Gasteiger partial charge < -0.3 is 4.90 Å². The summed E-state index contributed by atoms with van der Waals surface area (Å²) >= 11 is 0. The second-order valence-electron chi connectivity index (χ2n) is 9.37. The zero-order valence-corrected chi connectivity index (χ0v) is 16.7. The largest absolute Gasteiger partial charge is 0.300 e. The highest BCUT2D eigenvalue weighted by Gasteiger charge is 2.37. The normalized spacial score (nSPS) is 33.1. The van der Waals surface area contributed by atoms with Crippen molar-refractivity contribution in [2.45, 2.75) is 38.3 Å². The molecule has 3 fully saturated rings. The lowest BCUT2D eigenvalue weighted by atomic mass is 9.93. The standard InChI is InChI=1S/C24H35N3/c1-2-4-20(5-3-1)18-25-10-8-24(9-11-25)27-14-12-26(13-15-27)19-23-17-21-6-7-22(23)16-21/h1-7,21-24H,8-19H2/t21-,22+,23+/m0/s1. The number of fused-ring (bicyclic) bond motifs is 2. The Morgan fingerprint density at radius 2 is 1.56 bits per heavy atom. The maximum absolute atomic E-state index is 2.80. The molecule has 2 bridgehead atoms. The summed E-state index contributed by atoms with van der Waals surface area (Å²) in [5, 5.41) is 0. The summed E-state index contributed by atoms with van der Waals surface area (Å²) in [6, 6.07) is 11.8. The van der Waals surface area contributed by atoms with Crippen LogP contribution in [0.1, 0.15) is 31.2 Å². The van der Waals surface area contributed by atoms with Crippen molar-refractivity contribution in [3.8, 4) is 0 Å². The van der Waals surface area contributed by atoms with Crippen LogP contribution < -0.4 is 0 Å². The van der Waals surface area contributed by atoms with E-state index >= 15 is 0 Å². The van der Waals surface area contributed by atoms with E-state index in [1.54, 1.807) is 0 Å². The molecule has 3 atom stereocenters. The van der Waals surface area contributed by atoms with Crippen LogP contribution in [0, 0.1) is 17.8 Å². The van der Waals surface area contributed by atoms with Crippen molar-refractivity contribution in [1.82, 2.24) is 14.7 Å². The molecule has 0 aromatic heterocycles. The molecule has 27 heavy (non-hydrogen) atoms. The lowest BCUT2D eigenvalue weighted by Gasteiger charge is -2.43. The molecule has 1 aromatic carbocycles. The molecular formula is C24H35N3. The SMILES string of the molecule is C1=C[C@@H]2C[C@H]1C[C@@H]2CN1CCN(C2CCN(Cc3ccccc3)CC2)CC1. The number of nitrogens with zero attached hydrogens (tertiary/aromatic N) is 3. The highest BCUT2D eigenvalue weighted by atomic mass is 15.3. The van der Waals surface area contributed by atoms with Gasteiger partial charge in [-0.15, -0.1) is 0 Å². The molecule has 1 aromatic rings. The lowest BCUT2D eigenvalue weighted by Crippen LogP contribution is -2.53. The summed E-state index contributed by atoms with van der Waals surface area (Å²) in [7, 11) is 0. The van der Waals surface area contributed by atoms with Crippen molar-refractivity contribution in [2.24, 2.45) is 17.8 Å². The number of rotatable bonds is 5. The number of piperazine rings is 1. The minimum atomic E-state index is 0.824. The number of likely N-dealkylation sites (tertiary alicyclic amines) is 1. The van der Waals surface area contributed by atoms with Crippen LogP contribution in [0.4, 0.5) is 0 Å². The summed E-state index contributed by atoms with van der Waals surface area (Å²) in [5.74, 6) is 2.78. The molecule has 0 spiro atoms. The number of piperidine rings is 1. The summed E-state index contributed by atoms with van der Waals surface area (Å²) in [6.45, 7) is 10.2. The Morgan fingerprint density at radius 1 is 0.778 bits per heavy atom. The number of hydrogen-bond donors (Lipinski definition) is 0. The zero-order chi connectivity index (χ0) is 18.1.